The summed E-state index contributed by atoms with van der Waals surface area (Å²) in [5.41, 5.74) is 2.44. The Morgan fingerprint density at radius 3 is 2.93 bits per heavy atom. The SMILES string of the molecule is CCC[C@@H]1N(C(=O)c2cc(C)ncc2OC)CC[C@]12C(=O)Nc1ccccc12. The van der Waals surface area contributed by atoms with E-state index in [4.69, 9.17) is 4.74 Å². The van der Waals surface area contributed by atoms with E-state index < -0.39 is 5.41 Å². The molecule has 2 atom stereocenters. The molecule has 0 unspecified atom stereocenters. The number of anilines is 1. The van der Waals surface area contributed by atoms with Gasteiger partial charge in [0, 0.05) is 17.9 Å². The van der Waals surface area contributed by atoms with Crippen LogP contribution < -0.4 is 10.1 Å². The quantitative estimate of drug-likeness (QED) is 0.885. The van der Waals surface area contributed by atoms with E-state index in [-0.39, 0.29) is 17.9 Å². The van der Waals surface area contributed by atoms with E-state index in [1.165, 1.54) is 0 Å². The summed E-state index contributed by atoms with van der Waals surface area (Å²) in [5.74, 6) is 0.359. The third-order valence-electron chi connectivity index (χ3n) is 6.03. The van der Waals surface area contributed by atoms with E-state index in [1.54, 1.807) is 19.4 Å². The zero-order valence-corrected chi connectivity index (χ0v) is 16.5. The first-order valence-corrected chi connectivity index (χ1v) is 9.75. The van der Waals surface area contributed by atoms with Gasteiger partial charge in [-0.05, 0) is 37.5 Å². The molecule has 2 aliphatic heterocycles. The average Bonchev–Trinajstić information content (AvgIpc) is 3.21. The van der Waals surface area contributed by atoms with Crippen LogP contribution in [0.4, 0.5) is 5.69 Å². The van der Waals surface area contributed by atoms with Crippen molar-refractivity contribution in [2.24, 2.45) is 0 Å². The van der Waals surface area contributed by atoms with Gasteiger partial charge >= 0.3 is 0 Å². The van der Waals surface area contributed by atoms with Crippen molar-refractivity contribution in [3.05, 3.63) is 53.3 Å². The molecule has 1 saturated heterocycles. The van der Waals surface area contributed by atoms with Gasteiger partial charge in [-0.3, -0.25) is 14.6 Å². The molecule has 0 bridgehead atoms. The van der Waals surface area contributed by atoms with Crippen molar-refractivity contribution < 1.29 is 14.3 Å². The zero-order valence-electron chi connectivity index (χ0n) is 16.5. The van der Waals surface area contributed by atoms with Gasteiger partial charge < -0.3 is 15.0 Å². The number of amides is 2. The fraction of sp³-hybridized carbons (Fsp3) is 0.409. The number of likely N-dealkylation sites (tertiary alicyclic amines) is 1. The smallest absolute Gasteiger partial charge is 0.258 e. The summed E-state index contributed by atoms with van der Waals surface area (Å²) in [4.78, 5) is 32.7. The molecule has 1 spiro atoms. The van der Waals surface area contributed by atoms with E-state index in [1.807, 2.05) is 36.1 Å². The Morgan fingerprint density at radius 2 is 2.18 bits per heavy atom. The van der Waals surface area contributed by atoms with E-state index in [2.05, 4.69) is 17.2 Å². The number of pyridine rings is 1. The molecule has 2 aliphatic rings. The third-order valence-corrected chi connectivity index (χ3v) is 6.03. The maximum Gasteiger partial charge on any atom is 0.258 e. The minimum Gasteiger partial charge on any atom is -0.494 e. The topological polar surface area (TPSA) is 71.5 Å². The number of ether oxygens (including phenoxy) is 1. The Morgan fingerprint density at radius 1 is 1.39 bits per heavy atom. The highest BCUT2D eigenvalue weighted by Crippen LogP contribution is 2.49. The van der Waals surface area contributed by atoms with Crippen molar-refractivity contribution in [1.29, 1.82) is 0 Å². The van der Waals surface area contributed by atoms with Gasteiger partial charge in [-0.15, -0.1) is 0 Å². The predicted molar refractivity (Wildman–Crippen MR) is 107 cm³/mol. The molecule has 0 radical (unpaired) electrons. The summed E-state index contributed by atoms with van der Waals surface area (Å²) in [6.07, 6.45) is 3.86. The van der Waals surface area contributed by atoms with Crippen molar-refractivity contribution in [2.45, 2.75) is 44.6 Å². The number of rotatable bonds is 4. The molecule has 2 aromatic rings. The average molecular weight is 379 g/mol. The monoisotopic (exact) mass is 379 g/mol. The summed E-state index contributed by atoms with van der Waals surface area (Å²) >= 11 is 0. The molecule has 6 heteroatoms. The lowest BCUT2D eigenvalue weighted by Crippen LogP contribution is -2.48. The highest BCUT2D eigenvalue weighted by Gasteiger charge is 2.58. The van der Waals surface area contributed by atoms with Crippen LogP contribution in [0.15, 0.2) is 36.5 Å². The number of para-hydroxylation sites is 1. The normalized spacial score (nSPS) is 23.0. The van der Waals surface area contributed by atoms with Crippen LogP contribution in [0.1, 0.15) is 47.8 Å². The van der Waals surface area contributed by atoms with Crippen molar-refractivity contribution in [3.63, 3.8) is 0 Å². The maximum absolute atomic E-state index is 13.5. The molecule has 6 nitrogen and oxygen atoms in total. The Hall–Kier alpha value is -2.89. The number of methoxy groups -OCH3 is 1. The van der Waals surface area contributed by atoms with Crippen LogP contribution in [0.3, 0.4) is 0 Å². The Kier molecular flexibility index (Phi) is 4.57. The van der Waals surface area contributed by atoms with Gasteiger partial charge in [-0.1, -0.05) is 31.5 Å². The van der Waals surface area contributed by atoms with E-state index in [0.717, 1.165) is 29.8 Å². The van der Waals surface area contributed by atoms with Crippen molar-refractivity contribution >= 4 is 17.5 Å². The van der Waals surface area contributed by atoms with Crippen LogP contribution in [0.2, 0.25) is 0 Å². The molecule has 0 aliphatic carbocycles. The zero-order chi connectivity index (χ0) is 19.9. The van der Waals surface area contributed by atoms with Crippen LogP contribution in [0.5, 0.6) is 5.75 Å². The number of hydrogen-bond donors (Lipinski definition) is 1. The molecule has 4 rings (SSSR count). The second-order valence-corrected chi connectivity index (χ2v) is 7.55. The summed E-state index contributed by atoms with van der Waals surface area (Å²) in [7, 11) is 1.54. The van der Waals surface area contributed by atoms with Gasteiger partial charge in [0.05, 0.1) is 30.3 Å². The number of carbonyl (C=O) groups is 2. The number of carbonyl (C=O) groups excluding carboxylic acids is 2. The second-order valence-electron chi connectivity index (χ2n) is 7.55. The number of benzene rings is 1. The molecule has 0 saturated carbocycles. The third kappa shape index (κ3) is 2.58. The number of nitrogens with one attached hydrogen (secondary N) is 1. The van der Waals surface area contributed by atoms with Gasteiger partial charge in [0.2, 0.25) is 5.91 Å². The molecule has 28 heavy (non-hydrogen) atoms. The molecule has 1 N–H and O–H groups in total. The largest absolute Gasteiger partial charge is 0.494 e. The van der Waals surface area contributed by atoms with Gasteiger partial charge in [0.15, 0.2) is 0 Å². The van der Waals surface area contributed by atoms with Crippen molar-refractivity contribution in [3.8, 4) is 5.75 Å². The van der Waals surface area contributed by atoms with Crippen molar-refractivity contribution in [1.82, 2.24) is 9.88 Å². The predicted octanol–water partition coefficient (Wildman–Crippen LogP) is 3.30. The van der Waals surface area contributed by atoms with Gasteiger partial charge in [0.1, 0.15) is 5.75 Å². The minimum atomic E-state index is -0.683. The van der Waals surface area contributed by atoms with Gasteiger partial charge in [-0.25, -0.2) is 0 Å². The first kappa shape index (κ1) is 18.5. The number of aromatic nitrogens is 1. The highest BCUT2D eigenvalue weighted by atomic mass is 16.5. The number of hydrogen-bond acceptors (Lipinski definition) is 4. The highest BCUT2D eigenvalue weighted by molar-refractivity contribution is 6.08. The van der Waals surface area contributed by atoms with Crippen molar-refractivity contribution in [2.75, 3.05) is 19.0 Å². The van der Waals surface area contributed by atoms with Crippen LogP contribution in [0.25, 0.3) is 0 Å². The fourth-order valence-corrected chi connectivity index (χ4v) is 4.75. The summed E-state index contributed by atoms with van der Waals surface area (Å²) in [6, 6.07) is 9.41. The fourth-order valence-electron chi connectivity index (χ4n) is 4.75. The van der Waals surface area contributed by atoms with Gasteiger partial charge in [0.25, 0.3) is 5.91 Å². The minimum absolute atomic E-state index is 0.000300. The second kappa shape index (κ2) is 6.93. The lowest BCUT2D eigenvalue weighted by Gasteiger charge is -2.34. The first-order valence-electron chi connectivity index (χ1n) is 9.75. The van der Waals surface area contributed by atoms with Crippen LogP contribution >= 0.6 is 0 Å². The van der Waals surface area contributed by atoms with E-state index in [0.29, 0.717) is 24.3 Å². The molecular weight excluding hydrogens is 354 g/mol. The number of aryl methyl sites for hydroxylation is 1. The summed E-state index contributed by atoms with van der Waals surface area (Å²) < 4.78 is 5.38. The van der Waals surface area contributed by atoms with Gasteiger partial charge in [-0.2, -0.15) is 0 Å². The van der Waals surface area contributed by atoms with E-state index >= 15 is 0 Å². The Bertz CT molecular complexity index is 942. The standard InChI is InChI=1S/C22H25N3O3/c1-4-7-19-22(16-8-5-6-9-17(16)24-21(22)27)10-11-25(19)20(26)15-12-14(2)23-13-18(15)28-3/h5-6,8-9,12-13,19H,4,7,10-11H2,1-3H3,(H,24,27)/t19-,22+/m0/s1. The molecule has 1 fully saturated rings. The molecular formula is C22H25N3O3. The Balaban J connectivity index is 1.78. The van der Waals surface area contributed by atoms with Crippen LogP contribution in [-0.2, 0) is 10.2 Å². The molecule has 1 aromatic carbocycles. The summed E-state index contributed by atoms with van der Waals surface area (Å²) in [5, 5.41) is 3.04. The Labute approximate surface area is 164 Å². The number of nitrogens with zero attached hydrogens (tertiary/aromatic N) is 2. The number of fused-ring (bicyclic) bond motifs is 2. The lowest BCUT2D eigenvalue weighted by molar-refractivity contribution is -0.121. The molecule has 146 valence electrons. The summed E-state index contributed by atoms with van der Waals surface area (Å²) in [6.45, 7) is 4.48. The van der Waals surface area contributed by atoms with Crippen LogP contribution in [-0.4, -0.2) is 41.4 Å². The first-order chi connectivity index (χ1) is 13.5. The molecule has 1 aromatic heterocycles. The van der Waals surface area contributed by atoms with Crippen LogP contribution in [0, 0.1) is 6.92 Å². The van der Waals surface area contributed by atoms with E-state index in [9.17, 15) is 9.59 Å². The molecule has 2 amide bonds. The maximum atomic E-state index is 13.5. The lowest BCUT2D eigenvalue weighted by atomic mass is 9.73. The molecule has 3 heterocycles.